The van der Waals surface area contributed by atoms with Crippen LogP contribution in [0.2, 0.25) is 0 Å². The number of H-pyrrole nitrogens is 1. The minimum absolute atomic E-state index is 0.0588. The summed E-state index contributed by atoms with van der Waals surface area (Å²) in [4.78, 5) is 53.3. The minimum atomic E-state index is -0.420. The van der Waals surface area contributed by atoms with Gasteiger partial charge in [0.25, 0.3) is 11.8 Å². The van der Waals surface area contributed by atoms with Crippen molar-refractivity contribution in [2.45, 2.75) is 38.3 Å². The molecule has 1 unspecified atom stereocenters. The Morgan fingerprint density at radius 1 is 0.818 bits per heavy atom. The molecule has 0 radical (unpaired) electrons. The van der Waals surface area contributed by atoms with Crippen LogP contribution in [0.25, 0.3) is 11.3 Å². The smallest absolute Gasteiger partial charge is 0.410 e. The first-order valence-corrected chi connectivity index (χ1v) is 19.3. The number of hydrogen-bond acceptors (Lipinski definition) is 6. The monoisotopic (exact) mass is 737 g/mol. The van der Waals surface area contributed by atoms with E-state index in [9.17, 15) is 9.59 Å². The largest absolute Gasteiger partial charge is 0.415 e. The molecule has 1 atom stereocenters. The van der Waals surface area contributed by atoms with Gasteiger partial charge in [-0.1, -0.05) is 60.7 Å². The van der Waals surface area contributed by atoms with Crippen LogP contribution in [0.15, 0.2) is 109 Å². The molecule has 3 aliphatic heterocycles. The number of rotatable bonds is 9. The summed E-state index contributed by atoms with van der Waals surface area (Å²) in [6.07, 6.45) is 4.47. The van der Waals surface area contributed by atoms with E-state index in [4.69, 9.17) is 9.47 Å². The van der Waals surface area contributed by atoms with Gasteiger partial charge < -0.3 is 29.2 Å². The van der Waals surface area contributed by atoms with E-state index < -0.39 is 6.09 Å². The number of carbonyl (C=O) groups excluding carboxylic acids is 3. The molecule has 0 aliphatic carbocycles. The van der Waals surface area contributed by atoms with Crippen LogP contribution in [0.4, 0.5) is 10.5 Å². The molecule has 1 saturated heterocycles. The molecule has 0 bridgehead atoms. The van der Waals surface area contributed by atoms with Gasteiger partial charge >= 0.3 is 6.09 Å². The molecule has 8 rings (SSSR count). The third-order valence-corrected chi connectivity index (χ3v) is 11.2. The molecule has 10 nitrogen and oxygen atoms in total. The molecule has 4 aromatic carbocycles. The Morgan fingerprint density at radius 2 is 1.55 bits per heavy atom. The number of nitrogens with zero attached hydrogens (tertiary/aromatic N) is 4. The standard InChI is InChI=1S/C45H47N5O5/c1-47(36-12-4-2-5-13-36)43(51)34-29-41(46-30-34)39-27-33-18-21-49(45(53)55-37-14-6-3-7-15-37)31-35(33)28-40(39)44(52)50-22-19-32-11-8-9-16-38(32)42(50)17-10-20-48-23-25-54-26-24-48/h2-9,11-16,27-30,42,46H,10,17-26,31H2,1H3. The first-order chi connectivity index (χ1) is 26.9. The summed E-state index contributed by atoms with van der Waals surface area (Å²) in [6, 6.07) is 32.9. The molecule has 282 valence electrons. The molecule has 4 heterocycles. The lowest BCUT2D eigenvalue weighted by atomic mass is 9.87. The number of anilines is 1. The summed E-state index contributed by atoms with van der Waals surface area (Å²) in [7, 11) is 1.76. The number of morpholine rings is 1. The molecule has 0 saturated carbocycles. The second-order valence-corrected chi connectivity index (χ2v) is 14.6. The zero-order chi connectivity index (χ0) is 37.7. The van der Waals surface area contributed by atoms with Gasteiger partial charge in [-0.3, -0.25) is 14.5 Å². The third-order valence-electron chi connectivity index (χ3n) is 11.2. The molecule has 55 heavy (non-hydrogen) atoms. The molecular weight excluding hydrogens is 691 g/mol. The number of hydrogen-bond donors (Lipinski definition) is 1. The van der Waals surface area contributed by atoms with E-state index in [1.165, 1.54) is 11.1 Å². The van der Waals surface area contributed by atoms with Gasteiger partial charge in [0, 0.05) is 68.5 Å². The van der Waals surface area contributed by atoms with Gasteiger partial charge in [0.15, 0.2) is 0 Å². The highest BCUT2D eigenvalue weighted by molar-refractivity contribution is 6.07. The van der Waals surface area contributed by atoms with Crippen LogP contribution in [0.3, 0.4) is 0 Å². The topological polar surface area (TPSA) is 98.4 Å². The number of benzene rings is 4. The molecular formula is C45H47N5O5. The number of para-hydroxylation sites is 2. The van der Waals surface area contributed by atoms with E-state index in [0.29, 0.717) is 48.6 Å². The maximum Gasteiger partial charge on any atom is 0.415 e. The Labute approximate surface area is 322 Å². The summed E-state index contributed by atoms with van der Waals surface area (Å²) in [6.45, 7) is 5.74. The molecule has 1 aromatic heterocycles. The molecule has 1 N–H and O–H groups in total. The molecule has 1 fully saturated rings. The van der Waals surface area contributed by atoms with Crippen molar-refractivity contribution >= 4 is 23.6 Å². The van der Waals surface area contributed by atoms with E-state index in [-0.39, 0.29) is 17.9 Å². The lowest BCUT2D eigenvalue weighted by Gasteiger charge is -2.39. The highest BCUT2D eigenvalue weighted by Gasteiger charge is 2.34. The minimum Gasteiger partial charge on any atom is -0.410 e. The van der Waals surface area contributed by atoms with Crippen LogP contribution in [0.1, 0.15) is 61.9 Å². The Hall–Kier alpha value is -5.71. The van der Waals surface area contributed by atoms with Gasteiger partial charge in [-0.15, -0.1) is 0 Å². The fourth-order valence-electron chi connectivity index (χ4n) is 8.15. The zero-order valence-electron chi connectivity index (χ0n) is 31.3. The maximum atomic E-state index is 15.2. The maximum absolute atomic E-state index is 15.2. The van der Waals surface area contributed by atoms with Gasteiger partial charge in [-0.05, 0) is 96.9 Å². The second-order valence-electron chi connectivity index (χ2n) is 14.6. The SMILES string of the molecule is CN(C(=O)c1c[nH]c(-c2cc3c(cc2C(=O)N2CCc4ccccc4C2CCCN2CCOCC2)CN(C(=O)Oc2ccccc2)CC3)c1)c1ccccc1. The summed E-state index contributed by atoms with van der Waals surface area (Å²) in [5.41, 5.74) is 7.75. The first kappa shape index (κ1) is 36.3. The Kier molecular flexibility index (Phi) is 10.8. The number of amides is 3. The highest BCUT2D eigenvalue weighted by atomic mass is 16.6. The zero-order valence-corrected chi connectivity index (χ0v) is 31.3. The molecule has 0 spiro atoms. The first-order valence-electron chi connectivity index (χ1n) is 19.3. The van der Waals surface area contributed by atoms with Crippen LogP contribution in [0, 0.1) is 0 Å². The van der Waals surface area contributed by atoms with Crippen molar-refractivity contribution < 1.29 is 23.9 Å². The van der Waals surface area contributed by atoms with Crippen LogP contribution in [-0.2, 0) is 24.1 Å². The third kappa shape index (κ3) is 7.92. The fraction of sp³-hybridized carbons (Fsp3) is 0.311. The number of ether oxygens (including phenoxy) is 2. The van der Waals surface area contributed by atoms with Crippen molar-refractivity contribution in [3.63, 3.8) is 0 Å². The lowest BCUT2D eigenvalue weighted by Crippen LogP contribution is -2.41. The van der Waals surface area contributed by atoms with Crippen LogP contribution in [-0.4, -0.2) is 90.6 Å². The number of nitrogens with one attached hydrogen (secondary N) is 1. The van der Waals surface area contributed by atoms with Crippen molar-refractivity contribution in [3.05, 3.63) is 143 Å². The normalized spacial score (nSPS) is 16.9. The molecule has 10 heteroatoms. The average molecular weight is 738 g/mol. The van der Waals surface area contributed by atoms with Crippen molar-refractivity contribution in [2.75, 3.05) is 57.9 Å². The predicted molar refractivity (Wildman–Crippen MR) is 212 cm³/mol. The van der Waals surface area contributed by atoms with E-state index in [1.807, 2.05) is 60.7 Å². The van der Waals surface area contributed by atoms with Crippen LogP contribution in [0.5, 0.6) is 5.75 Å². The predicted octanol–water partition coefficient (Wildman–Crippen LogP) is 7.37. The van der Waals surface area contributed by atoms with Crippen molar-refractivity contribution in [1.29, 1.82) is 0 Å². The van der Waals surface area contributed by atoms with Gasteiger partial charge in [0.1, 0.15) is 5.75 Å². The van der Waals surface area contributed by atoms with Gasteiger partial charge in [-0.2, -0.15) is 0 Å². The fourth-order valence-corrected chi connectivity index (χ4v) is 8.15. The van der Waals surface area contributed by atoms with E-state index in [2.05, 4.69) is 45.1 Å². The van der Waals surface area contributed by atoms with Crippen molar-refractivity contribution in [2.24, 2.45) is 0 Å². The summed E-state index contributed by atoms with van der Waals surface area (Å²) in [5, 5.41) is 0. The average Bonchev–Trinajstić information content (AvgIpc) is 3.74. The van der Waals surface area contributed by atoms with Crippen molar-refractivity contribution in [3.8, 4) is 17.0 Å². The summed E-state index contributed by atoms with van der Waals surface area (Å²) >= 11 is 0. The number of aromatic nitrogens is 1. The molecule has 5 aromatic rings. The number of aromatic amines is 1. The van der Waals surface area contributed by atoms with Gasteiger partial charge in [0.05, 0.1) is 24.8 Å². The quantitative estimate of drug-likeness (QED) is 0.170. The van der Waals surface area contributed by atoms with E-state index in [1.54, 1.807) is 35.2 Å². The Morgan fingerprint density at radius 3 is 2.35 bits per heavy atom. The van der Waals surface area contributed by atoms with Crippen LogP contribution < -0.4 is 9.64 Å². The number of fused-ring (bicyclic) bond motifs is 2. The highest BCUT2D eigenvalue weighted by Crippen LogP contribution is 2.38. The lowest BCUT2D eigenvalue weighted by molar-refractivity contribution is 0.0355. The summed E-state index contributed by atoms with van der Waals surface area (Å²) in [5.74, 6) is 0.279. The van der Waals surface area contributed by atoms with Crippen molar-refractivity contribution in [1.82, 2.24) is 19.7 Å². The molecule has 3 amide bonds. The van der Waals surface area contributed by atoms with Gasteiger partial charge in [-0.25, -0.2) is 4.79 Å². The number of carbonyl (C=O) groups is 3. The van der Waals surface area contributed by atoms with Crippen LogP contribution >= 0.6 is 0 Å². The second kappa shape index (κ2) is 16.3. The summed E-state index contributed by atoms with van der Waals surface area (Å²) < 4.78 is 11.3. The Balaban J connectivity index is 1.12. The van der Waals surface area contributed by atoms with Gasteiger partial charge in [0.2, 0.25) is 0 Å². The van der Waals surface area contributed by atoms with E-state index >= 15 is 4.79 Å². The Bertz CT molecular complexity index is 2150. The van der Waals surface area contributed by atoms with E-state index in [0.717, 1.165) is 74.5 Å². The molecule has 3 aliphatic rings.